The number of thiazole rings is 1. The fourth-order valence-electron chi connectivity index (χ4n) is 1.58. The van der Waals surface area contributed by atoms with Gasteiger partial charge in [-0.25, -0.2) is 4.98 Å². The van der Waals surface area contributed by atoms with Gasteiger partial charge in [0.25, 0.3) is 5.91 Å². The predicted molar refractivity (Wildman–Crippen MR) is 92.6 cm³/mol. The highest BCUT2D eigenvalue weighted by molar-refractivity contribution is 7.80. The van der Waals surface area contributed by atoms with Crippen LogP contribution in [0, 0.1) is 5.92 Å². The summed E-state index contributed by atoms with van der Waals surface area (Å²) in [5.74, 6) is 0.803. The van der Waals surface area contributed by atoms with E-state index in [-0.39, 0.29) is 11.0 Å². The average molecular weight is 335 g/mol. The second-order valence-electron chi connectivity index (χ2n) is 4.98. The summed E-state index contributed by atoms with van der Waals surface area (Å²) in [5.41, 5.74) is 0.490. The monoisotopic (exact) mass is 335 g/mol. The lowest BCUT2D eigenvalue weighted by molar-refractivity contribution is 0.0977. The minimum Gasteiger partial charge on any atom is -0.493 e. The normalized spacial score (nSPS) is 10.3. The van der Waals surface area contributed by atoms with Crippen LogP contribution in [0.15, 0.2) is 35.8 Å². The Bertz CT molecular complexity index is 642. The van der Waals surface area contributed by atoms with Crippen molar-refractivity contribution in [2.45, 2.75) is 13.8 Å². The average Bonchev–Trinajstić information content (AvgIpc) is 2.98. The fraction of sp³-hybridized carbons (Fsp3) is 0.267. The van der Waals surface area contributed by atoms with Crippen molar-refractivity contribution >= 4 is 39.7 Å². The minimum atomic E-state index is -0.288. The second kappa shape index (κ2) is 7.86. The summed E-state index contributed by atoms with van der Waals surface area (Å²) in [5, 5.41) is 8.15. The van der Waals surface area contributed by atoms with Crippen LogP contribution >= 0.6 is 23.6 Å². The first-order valence-corrected chi connectivity index (χ1v) is 8.08. The van der Waals surface area contributed by atoms with E-state index in [4.69, 9.17) is 17.0 Å². The molecule has 0 bridgehead atoms. The number of hydrogen-bond acceptors (Lipinski definition) is 5. The lowest BCUT2D eigenvalue weighted by atomic mass is 10.2. The number of thiocarbonyl (C=S) groups is 1. The molecule has 116 valence electrons. The van der Waals surface area contributed by atoms with Crippen molar-refractivity contribution in [3.63, 3.8) is 0 Å². The molecule has 2 N–H and O–H groups in total. The zero-order valence-corrected chi connectivity index (χ0v) is 14.0. The molecule has 0 fully saturated rings. The Labute approximate surface area is 138 Å². The zero-order chi connectivity index (χ0) is 15.9. The summed E-state index contributed by atoms with van der Waals surface area (Å²) in [4.78, 5) is 16.2. The highest BCUT2D eigenvalue weighted by Gasteiger charge is 2.10. The first-order chi connectivity index (χ1) is 10.5. The van der Waals surface area contributed by atoms with E-state index < -0.39 is 0 Å². The van der Waals surface area contributed by atoms with E-state index in [1.807, 2.05) is 11.4 Å². The van der Waals surface area contributed by atoms with Crippen LogP contribution in [0.2, 0.25) is 0 Å². The molecule has 1 amide bonds. The Hall–Kier alpha value is -1.99. The first kappa shape index (κ1) is 16.4. The third kappa shape index (κ3) is 5.09. The Morgan fingerprint density at radius 1 is 1.45 bits per heavy atom. The van der Waals surface area contributed by atoms with E-state index in [0.717, 1.165) is 0 Å². The molecule has 7 heteroatoms. The van der Waals surface area contributed by atoms with Gasteiger partial charge in [0, 0.05) is 17.1 Å². The van der Waals surface area contributed by atoms with Gasteiger partial charge in [-0.15, -0.1) is 11.3 Å². The van der Waals surface area contributed by atoms with Gasteiger partial charge in [0.15, 0.2) is 10.2 Å². The quantitative estimate of drug-likeness (QED) is 0.821. The number of carbonyl (C=O) groups is 1. The Morgan fingerprint density at radius 2 is 2.27 bits per heavy atom. The number of aromatic nitrogens is 1. The molecule has 0 aliphatic carbocycles. The fourth-order valence-corrected chi connectivity index (χ4v) is 2.37. The molecule has 0 unspecified atom stereocenters. The summed E-state index contributed by atoms with van der Waals surface area (Å²) >= 11 is 6.49. The van der Waals surface area contributed by atoms with Crippen LogP contribution in [-0.4, -0.2) is 22.6 Å². The van der Waals surface area contributed by atoms with Crippen LogP contribution in [0.5, 0.6) is 5.75 Å². The molecule has 1 aromatic heterocycles. The van der Waals surface area contributed by atoms with Crippen molar-refractivity contribution in [3.05, 3.63) is 41.4 Å². The lowest BCUT2D eigenvalue weighted by Crippen LogP contribution is -2.34. The maximum atomic E-state index is 12.2. The molecular weight excluding hydrogens is 318 g/mol. The second-order valence-corrected chi connectivity index (χ2v) is 6.28. The molecule has 0 atom stereocenters. The molecule has 5 nitrogen and oxygen atoms in total. The molecule has 0 spiro atoms. The number of nitrogens with one attached hydrogen (secondary N) is 2. The number of rotatable bonds is 5. The number of nitrogens with zero attached hydrogens (tertiary/aromatic N) is 1. The van der Waals surface area contributed by atoms with E-state index in [9.17, 15) is 4.79 Å². The van der Waals surface area contributed by atoms with Crippen molar-refractivity contribution in [2.75, 3.05) is 11.9 Å². The summed E-state index contributed by atoms with van der Waals surface area (Å²) in [6, 6.07) is 7.01. The molecule has 0 aliphatic heterocycles. The van der Waals surface area contributed by atoms with Gasteiger partial charge in [0.05, 0.1) is 6.61 Å². The summed E-state index contributed by atoms with van der Waals surface area (Å²) in [6.45, 7) is 4.74. The van der Waals surface area contributed by atoms with Gasteiger partial charge in [-0.2, -0.15) is 0 Å². The van der Waals surface area contributed by atoms with Gasteiger partial charge in [-0.3, -0.25) is 10.1 Å². The van der Waals surface area contributed by atoms with E-state index in [0.29, 0.717) is 29.0 Å². The Balaban J connectivity index is 1.94. The van der Waals surface area contributed by atoms with E-state index in [1.54, 1.807) is 24.4 Å². The van der Waals surface area contributed by atoms with Crippen LogP contribution in [-0.2, 0) is 0 Å². The standard InChI is InChI=1S/C15H17N3O2S2/c1-10(2)9-20-12-5-3-4-11(8-12)13(19)17-14(21)18-15-16-6-7-22-15/h3-8,10H,9H2,1-2H3,(H2,16,17,18,19,21). The van der Waals surface area contributed by atoms with Gasteiger partial charge < -0.3 is 10.1 Å². The van der Waals surface area contributed by atoms with Crippen LogP contribution in [0.3, 0.4) is 0 Å². The maximum absolute atomic E-state index is 12.2. The third-order valence-electron chi connectivity index (χ3n) is 2.56. The van der Waals surface area contributed by atoms with Gasteiger partial charge >= 0.3 is 0 Å². The number of hydrogen-bond donors (Lipinski definition) is 2. The highest BCUT2D eigenvalue weighted by Crippen LogP contribution is 2.14. The summed E-state index contributed by atoms with van der Waals surface area (Å²) in [7, 11) is 0. The number of carbonyl (C=O) groups excluding carboxylic acids is 1. The summed E-state index contributed by atoms with van der Waals surface area (Å²) in [6.07, 6.45) is 1.66. The Morgan fingerprint density at radius 3 is 2.95 bits per heavy atom. The van der Waals surface area contributed by atoms with Crippen LogP contribution < -0.4 is 15.4 Å². The molecule has 2 rings (SSSR count). The number of anilines is 1. The van der Waals surface area contributed by atoms with Crippen LogP contribution in [0.4, 0.5) is 5.13 Å². The first-order valence-electron chi connectivity index (χ1n) is 6.79. The van der Waals surface area contributed by atoms with Crippen molar-refractivity contribution in [1.82, 2.24) is 10.3 Å². The zero-order valence-electron chi connectivity index (χ0n) is 12.3. The van der Waals surface area contributed by atoms with Gasteiger partial charge in [0.2, 0.25) is 0 Å². The van der Waals surface area contributed by atoms with Gasteiger partial charge in [-0.1, -0.05) is 19.9 Å². The summed E-state index contributed by atoms with van der Waals surface area (Å²) < 4.78 is 5.61. The van der Waals surface area contributed by atoms with Crippen LogP contribution in [0.1, 0.15) is 24.2 Å². The largest absolute Gasteiger partial charge is 0.493 e. The van der Waals surface area contributed by atoms with Gasteiger partial charge in [-0.05, 0) is 36.3 Å². The Kier molecular flexibility index (Phi) is 5.85. The molecule has 0 radical (unpaired) electrons. The maximum Gasteiger partial charge on any atom is 0.257 e. The molecule has 22 heavy (non-hydrogen) atoms. The number of benzene rings is 1. The highest BCUT2D eigenvalue weighted by atomic mass is 32.1. The lowest BCUT2D eigenvalue weighted by Gasteiger charge is -2.10. The number of ether oxygens (including phenoxy) is 1. The van der Waals surface area contributed by atoms with Gasteiger partial charge in [0.1, 0.15) is 5.75 Å². The van der Waals surface area contributed by atoms with Crippen molar-refractivity contribution in [1.29, 1.82) is 0 Å². The molecule has 2 aromatic rings. The molecule has 1 aromatic carbocycles. The SMILES string of the molecule is CC(C)COc1cccc(C(=O)NC(=S)Nc2nccs2)c1. The topological polar surface area (TPSA) is 63.2 Å². The molecule has 0 saturated carbocycles. The van der Waals surface area contributed by atoms with E-state index >= 15 is 0 Å². The molecule has 1 heterocycles. The molecule has 0 aliphatic rings. The van der Waals surface area contributed by atoms with Crippen molar-refractivity contribution < 1.29 is 9.53 Å². The van der Waals surface area contributed by atoms with Crippen LogP contribution in [0.25, 0.3) is 0 Å². The van der Waals surface area contributed by atoms with Crippen molar-refractivity contribution in [2.24, 2.45) is 5.92 Å². The molecular formula is C15H17N3O2S2. The number of amides is 1. The predicted octanol–water partition coefficient (Wildman–Crippen LogP) is 3.30. The molecule has 0 saturated heterocycles. The van der Waals surface area contributed by atoms with E-state index in [1.165, 1.54) is 11.3 Å². The van der Waals surface area contributed by atoms with Crippen molar-refractivity contribution in [3.8, 4) is 5.75 Å². The van der Waals surface area contributed by atoms with E-state index in [2.05, 4.69) is 29.5 Å². The minimum absolute atomic E-state index is 0.216. The smallest absolute Gasteiger partial charge is 0.257 e. The third-order valence-corrected chi connectivity index (χ3v) is 3.45.